The second-order valence-electron chi connectivity index (χ2n) is 10.8. The minimum atomic E-state index is -1.68. The van der Waals surface area contributed by atoms with Crippen molar-refractivity contribution in [3.63, 3.8) is 0 Å². The average molecular weight is 603 g/mol. The first kappa shape index (κ1) is 34.7. The van der Waals surface area contributed by atoms with Crippen LogP contribution in [0.25, 0.3) is 0 Å². The van der Waals surface area contributed by atoms with Crippen molar-refractivity contribution in [2.75, 3.05) is 12.4 Å². The Morgan fingerprint density at radius 3 is 2.12 bits per heavy atom. The molecule has 1 saturated carbocycles. The molecule has 0 aliphatic heterocycles. The van der Waals surface area contributed by atoms with Crippen molar-refractivity contribution in [3.8, 4) is 5.75 Å². The lowest BCUT2D eigenvalue weighted by atomic mass is 9.90. The molecule has 2 N–H and O–H groups in total. The highest BCUT2D eigenvalue weighted by Crippen LogP contribution is 2.36. The van der Waals surface area contributed by atoms with Crippen LogP contribution in [0.2, 0.25) is 10.0 Å². The first-order chi connectivity index (χ1) is 19.3. The zero-order valence-electron chi connectivity index (χ0n) is 25.7. The molecule has 0 aromatic heterocycles. The van der Waals surface area contributed by atoms with Gasteiger partial charge in [0.1, 0.15) is 11.4 Å². The monoisotopic (exact) mass is 601 g/mol. The number of allylic oxidation sites excluding steroid dienone is 2. The summed E-state index contributed by atoms with van der Waals surface area (Å²) in [6.07, 6.45) is 6.00. The molecule has 0 spiro atoms. The van der Waals surface area contributed by atoms with Gasteiger partial charge in [-0.15, -0.1) is 0 Å². The molecule has 4 rings (SSSR count). The van der Waals surface area contributed by atoms with Crippen LogP contribution in [-0.4, -0.2) is 18.3 Å². The van der Waals surface area contributed by atoms with E-state index in [1.54, 1.807) is 23.8 Å². The van der Waals surface area contributed by atoms with Crippen LogP contribution in [0.5, 0.6) is 5.75 Å². The highest BCUT2D eigenvalue weighted by molar-refractivity contribution is 6.35. The zero-order valence-corrected chi connectivity index (χ0v) is 27.3. The second kappa shape index (κ2) is 15.6. The fourth-order valence-electron chi connectivity index (χ4n) is 4.28. The fourth-order valence-corrected chi connectivity index (χ4v) is 4.92. The van der Waals surface area contributed by atoms with Crippen molar-refractivity contribution in [2.24, 2.45) is 0 Å². The molecule has 1 aliphatic rings. The summed E-state index contributed by atoms with van der Waals surface area (Å²) in [7, 11) is 1.90. The lowest BCUT2D eigenvalue weighted by Gasteiger charge is -2.29. The van der Waals surface area contributed by atoms with Gasteiger partial charge >= 0.3 is 0 Å². The minimum absolute atomic E-state index is 0.539. The second-order valence-corrected chi connectivity index (χ2v) is 11.7. The number of rotatable bonds is 8. The van der Waals surface area contributed by atoms with E-state index in [0.29, 0.717) is 15.6 Å². The third-order valence-electron chi connectivity index (χ3n) is 7.33. The van der Waals surface area contributed by atoms with Crippen molar-refractivity contribution >= 4 is 28.9 Å². The molecule has 0 bridgehead atoms. The number of ether oxygens (including phenoxy) is 1. The van der Waals surface area contributed by atoms with Crippen molar-refractivity contribution in [1.29, 1.82) is 0 Å². The van der Waals surface area contributed by atoms with E-state index in [1.807, 2.05) is 78.1 Å². The number of aryl methyl sites for hydroxylation is 1. The Balaban J connectivity index is 0.000000273. The Hall–Kier alpha value is -2.53. The predicted octanol–water partition coefficient (Wildman–Crippen LogP) is 10.6. The maximum Gasteiger partial charge on any atom is 0.158 e. The molecule has 3 nitrogen and oxygen atoms in total. The van der Waals surface area contributed by atoms with Gasteiger partial charge in [0.15, 0.2) is 5.67 Å². The maximum atomic E-state index is 14.2. The molecule has 2 atom stereocenters. The van der Waals surface area contributed by atoms with E-state index < -0.39 is 17.4 Å². The molecular weight excluding hydrogens is 556 g/mol. The van der Waals surface area contributed by atoms with Crippen LogP contribution in [0.3, 0.4) is 0 Å². The molecule has 0 heterocycles. The smallest absolute Gasteiger partial charge is 0.158 e. The van der Waals surface area contributed by atoms with Crippen LogP contribution in [0.4, 0.5) is 10.1 Å². The molecule has 224 valence electrons. The Kier molecular flexibility index (Phi) is 13.2. The normalized spacial score (nSPS) is 14.7. The number of nitrogens with one attached hydrogen (secondary N) is 1. The van der Waals surface area contributed by atoms with E-state index in [2.05, 4.69) is 17.5 Å². The highest BCUT2D eigenvalue weighted by atomic mass is 35.5. The van der Waals surface area contributed by atoms with Crippen molar-refractivity contribution < 1.29 is 14.2 Å². The largest absolute Gasteiger partial charge is 0.483 e. The summed E-state index contributed by atoms with van der Waals surface area (Å²) in [6.45, 7) is 12.9. The Bertz CT molecular complexity index is 1280. The molecule has 1 fully saturated rings. The van der Waals surface area contributed by atoms with Crippen LogP contribution < -0.4 is 10.1 Å². The van der Waals surface area contributed by atoms with Gasteiger partial charge in [-0.25, -0.2) is 4.39 Å². The van der Waals surface area contributed by atoms with Crippen LogP contribution in [-0.2, 0) is 17.7 Å². The summed E-state index contributed by atoms with van der Waals surface area (Å²) in [5, 5.41) is 13.8. The maximum absolute atomic E-state index is 14.2. The van der Waals surface area contributed by atoms with E-state index in [9.17, 15) is 9.50 Å². The SMILES string of the molecule is CC.CC(O)C(C)(F)c1ccc(CC=C2CCC2)cc1.CNc1ccc(OC(C)(C)c2ccc(Cl)cc2Cl)c(C)c1. The minimum Gasteiger partial charge on any atom is -0.483 e. The van der Waals surface area contributed by atoms with E-state index in [4.69, 9.17) is 27.9 Å². The van der Waals surface area contributed by atoms with Gasteiger partial charge in [0.2, 0.25) is 0 Å². The number of anilines is 1. The number of aliphatic hydroxyl groups is 1. The predicted molar refractivity (Wildman–Crippen MR) is 174 cm³/mol. The van der Waals surface area contributed by atoms with Crippen LogP contribution in [0, 0.1) is 6.92 Å². The Morgan fingerprint density at radius 1 is 1.00 bits per heavy atom. The van der Waals surface area contributed by atoms with E-state index in [-0.39, 0.29) is 0 Å². The van der Waals surface area contributed by atoms with Crippen LogP contribution in [0.1, 0.15) is 83.1 Å². The fraction of sp³-hybridized carbons (Fsp3) is 0.429. The van der Waals surface area contributed by atoms with Gasteiger partial charge in [-0.1, -0.05) is 79.0 Å². The summed E-state index contributed by atoms with van der Waals surface area (Å²) in [5.74, 6) is 0.838. The number of aliphatic hydroxyl groups excluding tert-OH is 1. The van der Waals surface area contributed by atoms with E-state index in [1.165, 1.54) is 38.7 Å². The first-order valence-corrected chi connectivity index (χ1v) is 15.2. The number of benzene rings is 3. The molecule has 0 amide bonds. The summed E-state index contributed by atoms with van der Waals surface area (Å²) in [6, 6.07) is 18.9. The number of halogens is 3. The van der Waals surface area contributed by atoms with Crippen LogP contribution >= 0.6 is 23.2 Å². The summed E-state index contributed by atoms with van der Waals surface area (Å²) in [4.78, 5) is 0. The van der Waals surface area contributed by atoms with E-state index >= 15 is 0 Å². The zero-order chi connectivity index (χ0) is 30.8. The lowest BCUT2D eigenvalue weighted by Crippen LogP contribution is -2.29. The number of hydrogen-bond acceptors (Lipinski definition) is 3. The van der Waals surface area contributed by atoms with Gasteiger partial charge in [0.05, 0.1) is 6.10 Å². The molecule has 0 radical (unpaired) electrons. The Morgan fingerprint density at radius 2 is 1.63 bits per heavy atom. The summed E-state index contributed by atoms with van der Waals surface area (Å²) >= 11 is 12.2. The van der Waals surface area contributed by atoms with E-state index in [0.717, 1.165) is 29.0 Å². The summed E-state index contributed by atoms with van der Waals surface area (Å²) < 4.78 is 20.4. The summed E-state index contributed by atoms with van der Waals surface area (Å²) in [5.41, 5.74) is 4.08. The third kappa shape index (κ3) is 9.77. The van der Waals surface area contributed by atoms with Gasteiger partial charge < -0.3 is 15.2 Å². The van der Waals surface area contributed by atoms with Crippen molar-refractivity contribution in [3.05, 3.63) is 105 Å². The number of hydrogen-bond donors (Lipinski definition) is 2. The topological polar surface area (TPSA) is 41.5 Å². The number of alkyl halides is 1. The van der Waals surface area contributed by atoms with Gasteiger partial charge in [0.25, 0.3) is 0 Å². The Labute approximate surface area is 256 Å². The average Bonchev–Trinajstić information content (AvgIpc) is 2.90. The van der Waals surface area contributed by atoms with Gasteiger partial charge in [-0.05, 0) is 107 Å². The standard InChI is InChI=1S/C17H19Cl2NO.C16H21FO.C2H6/c1-11-9-13(20-4)6-8-16(11)21-17(2,3)14-7-5-12(18)10-15(14)19;1-12(18)16(2,17)15-10-8-14(9-11-15)7-6-13-4-3-5-13;1-2/h5-10,20H,1-4H3;6,8-12,18H,3-5,7H2,1-2H3;1-2H3. The van der Waals surface area contributed by atoms with Gasteiger partial charge in [-0.3, -0.25) is 0 Å². The van der Waals surface area contributed by atoms with Gasteiger partial charge in [0, 0.05) is 28.3 Å². The molecule has 6 heteroatoms. The highest BCUT2D eigenvalue weighted by Gasteiger charge is 2.31. The van der Waals surface area contributed by atoms with Crippen molar-refractivity contribution in [1.82, 2.24) is 0 Å². The quantitative estimate of drug-likeness (QED) is 0.252. The molecular formula is C35H46Cl2FNO2. The lowest BCUT2D eigenvalue weighted by molar-refractivity contribution is 0.0135. The molecule has 0 saturated heterocycles. The third-order valence-corrected chi connectivity index (χ3v) is 7.88. The van der Waals surface area contributed by atoms with Crippen LogP contribution in [0.15, 0.2) is 72.3 Å². The molecule has 41 heavy (non-hydrogen) atoms. The van der Waals surface area contributed by atoms with Crippen molar-refractivity contribution in [2.45, 2.75) is 91.5 Å². The molecule has 3 aromatic carbocycles. The van der Waals surface area contributed by atoms with Gasteiger partial charge in [-0.2, -0.15) is 0 Å². The molecule has 1 aliphatic carbocycles. The first-order valence-electron chi connectivity index (χ1n) is 14.4. The molecule has 2 unspecified atom stereocenters. The molecule has 3 aromatic rings.